The molecule has 0 unspecified atom stereocenters. The molecule has 1 heterocycles. The summed E-state index contributed by atoms with van der Waals surface area (Å²) in [4.78, 5) is 26.3. The largest absolute Gasteiger partial charge is 0.481 e. The van der Waals surface area contributed by atoms with Crippen LogP contribution in [0.3, 0.4) is 0 Å². The number of H-pyrrole nitrogens is 1. The van der Waals surface area contributed by atoms with Crippen molar-refractivity contribution in [3.63, 3.8) is 0 Å². The minimum atomic E-state index is -0.835. The van der Waals surface area contributed by atoms with E-state index < -0.39 is 11.4 Å². The molecule has 0 bridgehead atoms. The van der Waals surface area contributed by atoms with Crippen molar-refractivity contribution in [1.29, 1.82) is 0 Å². The second kappa shape index (κ2) is 5.68. The van der Waals surface area contributed by atoms with Gasteiger partial charge in [0.05, 0.1) is 5.41 Å². The van der Waals surface area contributed by atoms with Crippen molar-refractivity contribution in [3.8, 4) is 0 Å². The van der Waals surface area contributed by atoms with Crippen molar-refractivity contribution in [2.75, 3.05) is 13.1 Å². The molecule has 1 saturated carbocycles. The highest BCUT2D eigenvalue weighted by Crippen LogP contribution is 2.45. The number of aliphatic carboxylic acids is 1. The summed E-state index contributed by atoms with van der Waals surface area (Å²) in [6.45, 7) is 0.697. The number of amides is 2. The fourth-order valence-electron chi connectivity index (χ4n) is 1.74. The van der Waals surface area contributed by atoms with E-state index in [2.05, 4.69) is 25.8 Å². The number of aryl methyl sites for hydroxylation is 1. The maximum absolute atomic E-state index is 11.5. The zero-order chi connectivity index (χ0) is 13.7. The molecule has 1 aliphatic carbocycles. The average molecular weight is 267 g/mol. The highest BCUT2D eigenvalue weighted by atomic mass is 16.4. The van der Waals surface area contributed by atoms with Crippen molar-refractivity contribution in [3.05, 3.63) is 12.2 Å². The van der Waals surface area contributed by atoms with Crippen LogP contribution >= 0.6 is 0 Å². The van der Waals surface area contributed by atoms with E-state index in [4.69, 9.17) is 5.11 Å². The predicted octanol–water partition coefficient (Wildman–Crippen LogP) is -0.0987. The van der Waals surface area contributed by atoms with Crippen LogP contribution in [0, 0.1) is 5.41 Å². The number of aromatic amines is 1. The van der Waals surface area contributed by atoms with Crippen LogP contribution in [0.5, 0.6) is 0 Å². The number of carbonyl (C=O) groups excluding carboxylic acids is 1. The van der Waals surface area contributed by atoms with Gasteiger partial charge in [-0.2, -0.15) is 5.10 Å². The van der Waals surface area contributed by atoms with E-state index in [0.29, 0.717) is 25.8 Å². The minimum Gasteiger partial charge on any atom is -0.481 e. The van der Waals surface area contributed by atoms with Gasteiger partial charge in [0.25, 0.3) is 0 Å². The quantitative estimate of drug-likeness (QED) is 0.514. The Hall–Kier alpha value is -2.12. The maximum Gasteiger partial charge on any atom is 0.314 e. The highest BCUT2D eigenvalue weighted by molar-refractivity contribution is 5.80. The molecule has 0 saturated heterocycles. The normalized spacial score (nSPS) is 15.8. The summed E-state index contributed by atoms with van der Waals surface area (Å²) in [5.74, 6) is -0.0526. The molecule has 2 rings (SSSR count). The zero-order valence-corrected chi connectivity index (χ0v) is 10.5. The van der Waals surface area contributed by atoms with Gasteiger partial charge in [-0.3, -0.25) is 9.89 Å². The summed E-state index contributed by atoms with van der Waals surface area (Å²) in [5, 5.41) is 20.7. The summed E-state index contributed by atoms with van der Waals surface area (Å²) in [5.41, 5.74) is -0.725. The molecule has 8 heteroatoms. The van der Waals surface area contributed by atoms with Crippen molar-refractivity contribution in [2.24, 2.45) is 5.41 Å². The fraction of sp³-hybridized carbons (Fsp3) is 0.636. The van der Waals surface area contributed by atoms with Crippen molar-refractivity contribution >= 4 is 12.0 Å². The summed E-state index contributed by atoms with van der Waals surface area (Å²) in [6.07, 6.45) is 4.16. The van der Waals surface area contributed by atoms with E-state index in [1.165, 1.54) is 6.33 Å². The van der Waals surface area contributed by atoms with Crippen molar-refractivity contribution in [2.45, 2.75) is 25.7 Å². The summed E-state index contributed by atoms with van der Waals surface area (Å²) >= 11 is 0. The zero-order valence-electron chi connectivity index (χ0n) is 10.5. The van der Waals surface area contributed by atoms with Crippen LogP contribution in [-0.2, 0) is 11.2 Å². The molecule has 0 spiro atoms. The second-order valence-corrected chi connectivity index (χ2v) is 4.73. The van der Waals surface area contributed by atoms with E-state index in [0.717, 1.165) is 12.2 Å². The SMILES string of the molecule is O=C(NCCCc1ncn[nH]1)NCC1(C(=O)O)CC1. The van der Waals surface area contributed by atoms with Crippen molar-refractivity contribution < 1.29 is 14.7 Å². The number of carbonyl (C=O) groups is 2. The third-order valence-electron chi connectivity index (χ3n) is 3.24. The first kappa shape index (κ1) is 13.3. The molecule has 19 heavy (non-hydrogen) atoms. The monoisotopic (exact) mass is 267 g/mol. The lowest BCUT2D eigenvalue weighted by atomic mass is 10.1. The number of carboxylic acid groups (broad SMARTS) is 1. The Bertz CT molecular complexity index is 441. The summed E-state index contributed by atoms with van der Waals surface area (Å²) in [6, 6.07) is -0.329. The lowest BCUT2D eigenvalue weighted by molar-refractivity contribution is -0.143. The van der Waals surface area contributed by atoms with Crippen molar-refractivity contribution in [1.82, 2.24) is 25.8 Å². The van der Waals surface area contributed by atoms with Gasteiger partial charge in [-0.15, -0.1) is 0 Å². The molecule has 1 fully saturated rings. The molecule has 2 amide bonds. The van der Waals surface area contributed by atoms with E-state index in [9.17, 15) is 9.59 Å². The first-order chi connectivity index (χ1) is 9.12. The Labute approximate surface area is 110 Å². The number of urea groups is 1. The number of hydrogen-bond acceptors (Lipinski definition) is 4. The van der Waals surface area contributed by atoms with Crippen LogP contribution in [0.1, 0.15) is 25.1 Å². The van der Waals surface area contributed by atoms with E-state index in [-0.39, 0.29) is 12.6 Å². The molecule has 104 valence electrons. The van der Waals surface area contributed by atoms with Crippen LogP contribution in [-0.4, -0.2) is 45.4 Å². The Balaban J connectivity index is 1.56. The molecule has 1 aromatic rings. The molecule has 0 atom stereocenters. The van der Waals surface area contributed by atoms with Crippen LogP contribution in [0.4, 0.5) is 4.79 Å². The maximum atomic E-state index is 11.5. The van der Waals surface area contributed by atoms with Gasteiger partial charge in [-0.1, -0.05) is 0 Å². The molecule has 1 aromatic heterocycles. The van der Waals surface area contributed by atoms with Crippen LogP contribution in [0.25, 0.3) is 0 Å². The first-order valence-electron chi connectivity index (χ1n) is 6.22. The van der Waals surface area contributed by atoms with Gasteiger partial charge in [0.2, 0.25) is 0 Å². The lowest BCUT2D eigenvalue weighted by Gasteiger charge is -2.11. The number of hydrogen-bond donors (Lipinski definition) is 4. The first-order valence-corrected chi connectivity index (χ1v) is 6.22. The number of aromatic nitrogens is 3. The Morgan fingerprint density at radius 1 is 1.42 bits per heavy atom. The van der Waals surface area contributed by atoms with Gasteiger partial charge in [-0.25, -0.2) is 9.78 Å². The van der Waals surface area contributed by atoms with Gasteiger partial charge in [0.15, 0.2) is 0 Å². The van der Waals surface area contributed by atoms with Gasteiger partial charge in [0, 0.05) is 19.5 Å². The van der Waals surface area contributed by atoms with E-state index in [1.807, 2.05) is 0 Å². The average Bonchev–Trinajstić information content (AvgIpc) is 3.01. The Morgan fingerprint density at radius 2 is 2.21 bits per heavy atom. The van der Waals surface area contributed by atoms with Crippen LogP contribution < -0.4 is 10.6 Å². The third kappa shape index (κ3) is 3.67. The standard InChI is InChI=1S/C11H17N5O3/c17-9(18)11(3-4-11)6-13-10(19)12-5-1-2-8-14-7-15-16-8/h7H,1-6H2,(H,17,18)(H2,12,13,19)(H,14,15,16). The topological polar surface area (TPSA) is 120 Å². The second-order valence-electron chi connectivity index (χ2n) is 4.73. The Morgan fingerprint density at radius 3 is 2.79 bits per heavy atom. The number of carboxylic acids is 1. The number of nitrogens with one attached hydrogen (secondary N) is 3. The lowest BCUT2D eigenvalue weighted by Crippen LogP contribution is -2.41. The predicted molar refractivity (Wildman–Crippen MR) is 65.4 cm³/mol. The van der Waals surface area contributed by atoms with E-state index in [1.54, 1.807) is 0 Å². The molecular formula is C11H17N5O3. The highest BCUT2D eigenvalue weighted by Gasteiger charge is 2.50. The minimum absolute atomic E-state index is 0.191. The van der Waals surface area contributed by atoms with Gasteiger partial charge in [-0.05, 0) is 19.3 Å². The smallest absolute Gasteiger partial charge is 0.314 e. The van der Waals surface area contributed by atoms with Gasteiger partial charge in [0.1, 0.15) is 12.2 Å². The molecule has 4 N–H and O–H groups in total. The molecule has 0 aromatic carbocycles. The van der Waals surface area contributed by atoms with E-state index >= 15 is 0 Å². The molecule has 8 nitrogen and oxygen atoms in total. The molecule has 0 radical (unpaired) electrons. The molecule has 1 aliphatic rings. The number of rotatable bonds is 7. The Kier molecular flexibility index (Phi) is 3.98. The fourth-order valence-corrected chi connectivity index (χ4v) is 1.74. The number of nitrogens with zero attached hydrogens (tertiary/aromatic N) is 2. The third-order valence-corrected chi connectivity index (χ3v) is 3.24. The van der Waals surface area contributed by atoms with Crippen LogP contribution in [0.2, 0.25) is 0 Å². The summed E-state index contributed by atoms with van der Waals surface area (Å²) < 4.78 is 0. The molecule has 0 aliphatic heterocycles. The molecular weight excluding hydrogens is 250 g/mol. The summed E-state index contributed by atoms with van der Waals surface area (Å²) in [7, 11) is 0. The van der Waals surface area contributed by atoms with Gasteiger partial charge < -0.3 is 15.7 Å². The van der Waals surface area contributed by atoms with Crippen LogP contribution in [0.15, 0.2) is 6.33 Å². The van der Waals surface area contributed by atoms with Gasteiger partial charge >= 0.3 is 12.0 Å².